The number of nitrogens with zero attached hydrogens (tertiary/aromatic N) is 4. The Bertz CT molecular complexity index is 876. The molecule has 4 rings (SSSR count). The molecule has 0 radical (unpaired) electrons. The van der Waals surface area contributed by atoms with Gasteiger partial charge in [0.25, 0.3) is 0 Å². The number of rotatable bonds is 3. The summed E-state index contributed by atoms with van der Waals surface area (Å²) in [7, 11) is 0. The van der Waals surface area contributed by atoms with Crippen LogP contribution < -0.4 is 0 Å². The number of benzene rings is 1. The highest BCUT2D eigenvalue weighted by molar-refractivity contribution is 5.78. The number of pyridine rings is 1. The number of morpholine rings is 1. The molecule has 1 aliphatic rings. The van der Waals surface area contributed by atoms with Gasteiger partial charge in [0, 0.05) is 42.6 Å². The molecule has 0 N–H and O–H groups in total. The van der Waals surface area contributed by atoms with Crippen LogP contribution in [0.15, 0.2) is 42.6 Å². The van der Waals surface area contributed by atoms with Crippen LogP contribution in [0, 0.1) is 13.8 Å². The second-order valence-electron chi connectivity index (χ2n) is 6.63. The number of aryl methyl sites for hydroxylation is 2. The number of fused-ring (bicyclic) bond motifs is 1. The van der Waals surface area contributed by atoms with Crippen molar-refractivity contribution in [2.24, 2.45) is 0 Å². The molecular weight excluding hydrogens is 312 g/mol. The topological polar surface area (TPSA) is 51.1 Å². The number of ether oxygens (including phenoxy) is 1. The lowest BCUT2D eigenvalue weighted by molar-refractivity contribution is -0.0373. The van der Waals surface area contributed by atoms with E-state index in [0.29, 0.717) is 6.61 Å². The highest BCUT2D eigenvalue weighted by Crippen LogP contribution is 2.22. The number of hydrogen-bond donors (Lipinski definition) is 0. The minimum atomic E-state index is -0.0607. The first-order valence-corrected chi connectivity index (χ1v) is 8.67. The van der Waals surface area contributed by atoms with E-state index >= 15 is 0 Å². The summed E-state index contributed by atoms with van der Waals surface area (Å²) in [5.74, 6) is 0.796. The summed E-state index contributed by atoms with van der Waals surface area (Å²) in [6, 6.07) is 12.6. The molecule has 0 aliphatic carbocycles. The van der Waals surface area contributed by atoms with Gasteiger partial charge in [0.2, 0.25) is 0 Å². The maximum absolute atomic E-state index is 5.94. The van der Waals surface area contributed by atoms with E-state index in [2.05, 4.69) is 44.1 Å². The summed E-state index contributed by atoms with van der Waals surface area (Å²) in [5, 5.41) is 1.18. The molecule has 128 valence electrons. The van der Waals surface area contributed by atoms with Gasteiger partial charge in [-0.3, -0.25) is 9.88 Å². The van der Waals surface area contributed by atoms with E-state index in [1.54, 1.807) is 0 Å². The first-order chi connectivity index (χ1) is 12.2. The van der Waals surface area contributed by atoms with Gasteiger partial charge in [0.05, 0.1) is 12.1 Å². The van der Waals surface area contributed by atoms with Crippen molar-refractivity contribution in [2.45, 2.75) is 26.5 Å². The van der Waals surface area contributed by atoms with Gasteiger partial charge in [-0.25, -0.2) is 9.97 Å². The monoisotopic (exact) mass is 334 g/mol. The van der Waals surface area contributed by atoms with Gasteiger partial charge in [-0.15, -0.1) is 0 Å². The molecule has 5 heteroatoms. The van der Waals surface area contributed by atoms with Crippen molar-refractivity contribution in [3.05, 3.63) is 65.4 Å². The third-order valence-electron chi connectivity index (χ3n) is 4.51. The minimum Gasteiger partial charge on any atom is -0.368 e. The van der Waals surface area contributed by atoms with Crippen LogP contribution >= 0.6 is 0 Å². The highest BCUT2D eigenvalue weighted by Gasteiger charge is 2.24. The van der Waals surface area contributed by atoms with E-state index in [4.69, 9.17) is 4.74 Å². The molecule has 1 aromatic carbocycles. The van der Waals surface area contributed by atoms with Crippen molar-refractivity contribution >= 4 is 10.9 Å². The van der Waals surface area contributed by atoms with Gasteiger partial charge in [-0.05, 0) is 43.7 Å². The molecule has 5 nitrogen and oxygen atoms in total. The Morgan fingerprint density at radius 2 is 1.96 bits per heavy atom. The summed E-state index contributed by atoms with van der Waals surface area (Å²) >= 11 is 0. The van der Waals surface area contributed by atoms with E-state index in [0.717, 1.165) is 42.4 Å². The zero-order chi connectivity index (χ0) is 17.2. The molecular formula is C20H22N4O. The number of aromatic nitrogens is 3. The Morgan fingerprint density at radius 3 is 2.80 bits per heavy atom. The summed E-state index contributed by atoms with van der Waals surface area (Å²) in [5.41, 5.74) is 4.31. The second-order valence-corrected chi connectivity index (χ2v) is 6.63. The molecule has 0 amide bonds. The quantitative estimate of drug-likeness (QED) is 0.736. The summed E-state index contributed by atoms with van der Waals surface area (Å²) in [6.45, 7) is 7.34. The molecule has 0 bridgehead atoms. The van der Waals surface area contributed by atoms with E-state index in [1.165, 1.54) is 10.9 Å². The predicted octanol–water partition coefficient (Wildman–Crippen LogP) is 3.22. The van der Waals surface area contributed by atoms with Crippen molar-refractivity contribution in [1.82, 2.24) is 19.9 Å². The number of hydrogen-bond acceptors (Lipinski definition) is 5. The summed E-state index contributed by atoms with van der Waals surface area (Å²) < 4.78 is 5.94. The fraction of sp³-hybridized carbons (Fsp3) is 0.350. The average molecular weight is 334 g/mol. The van der Waals surface area contributed by atoms with Gasteiger partial charge in [-0.2, -0.15) is 0 Å². The van der Waals surface area contributed by atoms with Gasteiger partial charge in [-0.1, -0.05) is 12.1 Å². The first kappa shape index (κ1) is 16.1. The highest BCUT2D eigenvalue weighted by atomic mass is 16.5. The van der Waals surface area contributed by atoms with Crippen LogP contribution in [-0.4, -0.2) is 39.5 Å². The van der Waals surface area contributed by atoms with E-state index in [-0.39, 0.29) is 6.10 Å². The minimum absolute atomic E-state index is 0.0607. The maximum Gasteiger partial charge on any atom is 0.158 e. The fourth-order valence-corrected chi connectivity index (χ4v) is 3.38. The van der Waals surface area contributed by atoms with Crippen LogP contribution in [0.4, 0.5) is 0 Å². The van der Waals surface area contributed by atoms with Crippen molar-refractivity contribution < 1.29 is 4.74 Å². The van der Waals surface area contributed by atoms with Crippen LogP contribution in [0.2, 0.25) is 0 Å². The van der Waals surface area contributed by atoms with E-state index in [1.807, 2.05) is 32.2 Å². The SMILES string of the molecule is Cc1cc(C)nc([C@@H]2CN(Cc3ccc4ncccc4c3)CCO2)n1. The molecule has 1 atom stereocenters. The lowest BCUT2D eigenvalue weighted by Crippen LogP contribution is -2.38. The van der Waals surface area contributed by atoms with Gasteiger partial charge in [0.1, 0.15) is 6.10 Å². The Kier molecular flexibility index (Phi) is 4.42. The lowest BCUT2D eigenvalue weighted by Gasteiger charge is -2.32. The van der Waals surface area contributed by atoms with Gasteiger partial charge < -0.3 is 4.74 Å². The molecule has 0 spiro atoms. The van der Waals surface area contributed by atoms with Crippen molar-refractivity contribution in [3.8, 4) is 0 Å². The van der Waals surface area contributed by atoms with Gasteiger partial charge in [0.15, 0.2) is 5.82 Å². The molecule has 2 aromatic heterocycles. The predicted molar refractivity (Wildman–Crippen MR) is 97.2 cm³/mol. The zero-order valence-corrected chi connectivity index (χ0v) is 14.6. The van der Waals surface area contributed by atoms with Crippen LogP contribution in [0.3, 0.4) is 0 Å². The standard InChI is InChI=1S/C20H22N4O/c1-14-10-15(2)23-20(22-14)19-13-24(8-9-25-19)12-16-5-6-18-17(11-16)4-3-7-21-18/h3-7,10-11,19H,8-9,12-13H2,1-2H3/t19-/m0/s1. The molecule has 3 aromatic rings. The lowest BCUT2D eigenvalue weighted by atomic mass is 10.1. The Morgan fingerprint density at radius 1 is 1.12 bits per heavy atom. The average Bonchev–Trinajstić information content (AvgIpc) is 2.61. The van der Waals surface area contributed by atoms with E-state index < -0.39 is 0 Å². The molecule has 0 saturated carbocycles. The molecule has 3 heterocycles. The molecule has 1 aliphatic heterocycles. The van der Waals surface area contributed by atoms with E-state index in [9.17, 15) is 0 Å². The molecule has 25 heavy (non-hydrogen) atoms. The Balaban J connectivity index is 1.50. The molecule has 1 saturated heterocycles. The molecule has 1 fully saturated rings. The summed E-state index contributed by atoms with van der Waals surface area (Å²) in [6.07, 6.45) is 1.77. The zero-order valence-electron chi connectivity index (χ0n) is 14.6. The third kappa shape index (κ3) is 3.67. The van der Waals surface area contributed by atoms with Crippen LogP contribution in [-0.2, 0) is 11.3 Å². The fourth-order valence-electron chi connectivity index (χ4n) is 3.38. The normalized spacial score (nSPS) is 18.6. The van der Waals surface area contributed by atoms with Crippen LogP contribution in [0.5, 0.6) is 0 Å². The Labute approximate surface area is 147 Å². The second kappa shape index (κ2) is 6.86. The smallest absolute Gasteiger partial charge is 0.158 e. The third-order valence-corrected chi connectivity index (χ3v) is 4.51. The van der Waals surface area contributed by atoms with Crippen LogP contribution in [0.25, 0.3) is 10.9 Å². The maximum atomic E-state index is 5.94. The van der Waals surface area contributed by atoms with Crippen molar-refractivity contribution in [3.63, 3.8) is 0 Å². The molecule has 0 unspecified atom stereocenters. The van der Waals surface area contributed by atoms with Crippen LogP contribution in [0.1, 0.15) is 28.9 Å². The first-order valence-electron chi connectivity index (χ1n) is 8.67. The summed E-state index contributed by atoms with van der Waals surface area (Å²) in [4.78, 5) is 15.9. The van der Waals surface area contributed by atoms with Gasteiger partial charge >= 0.3 is 0 Å². The van der Waals surface area contributed by atoms with Crippen molar-refractivity contribution in [2.75, 3.05) is 19.7 Å². The van der Waals surface area contributed by atoms with Crippen molar-refractivity contribution in [1.29, 1.82) is 0 Å². The largest absolute Gasteiger partial charge is 0.368 e. The Hall–Kier alpha value is -2.37.